The van der Waals surface area contributed by atoms with E-state index in [1.54, 1.807) is 0 Å². The molecule has 102 valence electrons. The molecular formula is C14H22O4. The quantitative estimate of drug-likeness (QED) is 0.828. The van der Waals surface area contributed by atoms with Gasteiger partial charge in [-0.15, -0.1) is 0 Å². The molecule has 1 rings (SSSR count). The van der Waals surface area contributed by atoms with Gasteiger partial charge in [-0.05, 0) is 26.7 Å². The van der Waals surface area contributed by atoms with Crippen molar-refractivity contribution in [2.45, 2.75) is 59.0 Å². The first-order valence-electron chi connectivity index (χ1n) is 6.34. The average molecular weight is 254 g/mol. The van der Waals surface area contributed by atoms with Gasteiger partial charge in [0.05, 0.1) is 11.5 Å². The minimum atomic E-state index is -1.34. The van der Waals surface area contributed by atoms with Gasteiger partial charge in [-0.3, -0.25) is 9.59 Å². The number of rotatable bonds is 4. The van der Waals surface area contributed by atoms with Crippen molar-refractivity contribution in [3.8, 4) is 0 Å². The Kier molecular flexibility index (Phi) is 4.11. The van der Waals surface area contributed by atoms with Crippen LogP contribution in [0.5, 0.6) is 0 Å². The number of ketones is 3. The highest BCUT2D eigenvalue weighted by atomic mass is 16.3. The fourth-order valence-corrected chi connectivity index (χ4v) is 2.75. The summed E-state index contributed by atoms with van der Waals surface area (Å²) in [6, 6.07) is 0. The van der Waals surface area contributed by atoms with Crippen molar-refractivity contribution in [1.29, 1.82) is 0 Å². The predicted molar refractivity (Wildman–Crippen MR) is 67.1 cm³/mol. The molecule has 0 bridgehead atoms. The lowest BCUT2D eigenvalue weighted by atomic mass is 9.61. The molecule has 1 aliphatic rings. The number of Topliss-reactive ketones (excluding diaryl/α,β-unsaturated/α-hetero) is 3. The summed E-state index contributed by atoms with van der Waals surface area (Å²) >= 11 is 0. The molecule has 0 amide bonds. The van der Waals surface area contributed by atoms with Gasteiger partial charge < -0.3 is 9.90 Å². The zero-order valence-corrected chi connectivity index (χ0v) is 11.6. The van der Waals surface area contributed by atoms with E-state index < -0.39 is 16.9 Å². The Bertz CT molecular complexity index is 383. The third kappa shape index (κ3) is 3.05. The number of hydrogen-bond donors (Lipinski definition) is 1. The van der Waals surface area contributed by atoms with Crippen molar-refractivity contribution in [1.82, 2.24) is 0 Å². The predicted octanol–water partition coefficient (Wildman–Crippen LogP) is 1.68. The molecule has 0 spiro atoms. The molecule has 0 aliphatic heterocycles. The standard InChI is InChI=1S/C14H22O4/c1-9(15)7-11-12(17)13(3,4)5-6-14(11,18)8-10(2)16/h11,18H,5-8H2,1-4H3. The second kappa shape index (κ2) is 4.92. The molecule has 0 aromatic carbocycles. The monoisotopic (exact) mass is 254 g/mol. The molecule has 1 aliphatic carbocycles. The van der Waals surface area contributed by atoms with Crippen LogP contribution in [0.3, 0.4) is 0 Å². The van der Waals surface area contributed by atoms with Gasteiger partial charge in [0.2, 0.25) is 0 Å². The summed E-state index contributed by atoms with van der Waals surface area (Å²) in [4.78, 5) is 34.9. The Morgan fingerprint density at radius 2 is 1.78 bits per heavy atom. The maximum absolute atomic E-state index is 12.4. The van der Waals surface area contributed by atoms with Crippen molar-refractivity contribution < 1.29 is 19.5 Å². The van der Waals surface area contributed by atoms with E-state index in [1.165, 1.54) is 13.8 Å². The average Bonchev–Trinajstić information content (AvgIpc) is 2.19. The SMILES string of the molecule is CC(=O)CC1C(=O)C(C)(C)CCC1(O)CC(C)=O. The smallest absolute Gasteiger partial charge is 0.144 e. The summed E-state index contributed by atoms with van der Waals surface area (Å²) in [6.07, 6.45) is 0.909. The van der Waals surface area contributed by atoms with Crippen LogP contribution in [-0.4, -0.2) is 28.1 Å². The highest BCUT2D eigenvalue weighted by Crippen LogP contribution is 2.44. The summed E-state index contributed by atoms with van der Waals surface area (Å²) in [6.45, 7) is 6.46. The first-order valence-corrected chi connectivity index (χ1v) is 6.34. The van der Waals surface area contributed by atoms with Crippen LogP contribution in [0.2, 0.25) is 0 Å². The molecule has 0 radical (unpaired) electrons. The Labute approximate surface area is 108 Å². The minimum Gasteiger partial charge on any atom is -0.389 e. The molecule has 0 heterocycles. The number of hydrogen-bond acceptors (Lipinski definition) is 4. The zero-order valence-electron chi connectivity index (χ0n) is 11.6. The molecule has 1 saturated carbocycles. The molecule has 0 aromatic rings. The van der Waals surface area contributed by atoms with Crippen LogP contribution in [0.4, 0.5) is 0 Å². The third-order valence-electron chi connectivity index (χ3n) is 3.86. The highest BCUT2D eigenvalue weighted by Gasteiger charge is 2.51. The van der Waals surface area contributed by atoms with Gasteiger partial charge in [0, 0.05) is 18.3 Å². The summed E-state index contributed by atoms with van der Waals surface area (Å²) in [5, 5.41) is 10.6. The minimum absolute atomic E-state index is 0.0199. The molecule has 1 fully saturated rings. The van der Waals surface area contributed by atoms with Crippen molar-refractivity contribution >= 4 is 17.3 Å². The lowest BCUT2D eigenvalue weighted by Crippen LogP contribution is -2.53. The maximum Gasteiger partial charge on any atom is 0.144 e. The van der Waals surface area contributed by atoms with Crippen LogP contribution in [0.15, 0.2) is 0 Å². The number of carbonyl (C=O) groups is 3. The largest absolute Gasteiger partial charge is 0.389 e. The molecule has 4 nitrogen and oxygen atoms in total. The maximum atomic E-state index is 12.4. The lowest BCUT2D eigenvalue weighted by molar-refractivity contribution is -0.157. The Morgan fingerprint density at radius 1 is 1.22 bits per heavy atom. The molecule has 0 aromatic heterocycles. The molecule has 0 saturated heterocycles. The highest BCUT2D eigenvalue weighted by molar-refractivity contribution is 5.93. The lowest BCUT2D eigenvalue weighted by Gasteiger charge is -2.44. The van der Waals surface area contributed by atoms with E-state index >= 15 is 0 Å². The number of aliphatic hydroxyl groups is 1. The van der Waals surface area contributed by atoms with Crippen LogP contribution in [0.25, 0.3) is 0 Å². The van der Waals surface area contributed by atoms with Crippen molar-refractivity contribution in [3.63, 3.8) is 0 Å². The summed E-state index contributed by atoms with van der Waals surface area (Å²) in [5.41, 5.74) is -1.87. The molecule has 1 N–H and O–H groups in total. The van der Waals surface area contributed by atoms with E-state index in [0.717, 1.165) is 0 Å². The van der Waals surface area contributed by atoms with E-state index in [9.17, 15) is 19.5 Å². The van der Waals surface area contributed by atoms with Crippen LogP contribution in [-0.2, 0) is 14.4 Å². The van der Waals surface area contributed by atoms with Gasteiger partial charge in [-0.25, -0.2) is 0 Å². The Balaban J connectivity index is 3.06. The van der Waals surface area contributed by atoms with Gasteiger partial charge in [-0.2, -0.15) is 0 Å². The van der Waals surface area contributed by atoms with Gasteiger partial charge >= 0.3 is 0 Å². The van der Waals surface area contributed by atoms with E-state index in [2.05, 4.69) is 0 Å². The summed E-state index contributed by atoms with van der Waals surface area (Å²) in [5.74, 6) is -1.14. The van der Waals surface area contributed by atoms with Crippen molar-refractivity contribution in [3.05, 3.63) is 0 Å². The zero-order chi connectivity index (χ0) is 14.1. The van der Waals surface area contributed by atoms with E-state index in [0.29, 0.717) is 12.8 Å². The molecule has 2 atom stereocenters. The molecule has 4 heteroatoms. The van der Waals surface area contributed by atoms with Crippen LogP contribution in [0, 0.1) is 11.3 Å². The van der Waals surface area contributed by atoms with Crippen LogP contribution < -0.4 is 0 Å². The van der Waals surface area contributed by atoms with Crippen molar-refractivity contribution in [2.75, 3.05) is 0 Å². The van der Waals surface area contributed by atoms with Gasteiger partial charge in [-0.1, -0.05) is 13.8 Å². The first kappa shape index (κ1) is 15.0. The fourth-order valence-electron chi connectivity index (χ4n) is 2.75. The molecule has 2 unspecified atom stereocenters. The van der Waals surface area contributed by atoms with Gasteiger partial charge in [0.15, 0.2) is 0 Å². The third-order valence-corrected chi connectivity index (χ3v) is 3.86. The summed E-state index contributed by atoms with van der Waals surface area (Å²) in [7, 11) is 0. The Morgan fingerprint density at radius 3 is 2.22 bits per heavy atom. The first-order chi connectivity index (χ1) is 8.08. The second-order valence-corrected chi connectivity index (χ2v) is 6.19. The van der Waals surface area contributed by atoms with Crippen LogP contribution >= 0.6 is 0 Å². The second-order valence-electron chi connectivity index (χ2n) is 6.19. The topological polar surface area (TPSA) is 71.4 Å². The Hall–Kier alpha value is -1.03. The van der Waals surface area contributed by atoms with Gasteiger partial charge in [0.25, 0.3) is 0 Å². The van der Waals surface area contributed by atoms with Gasteiger partial charge in [0.1, 0.15) is 17.3 Å². The van der Waals surface area contributed by atoms with E-state index in [4.69, 9.17) is 0 Å². The number of carbonyl (C=O) groups excluding carboxylic acids is 3. The molecule has 18 heavy (non-hydrogen) atoms. The van der Waals surface area contributed by atoms with Crippen LogP contribution in [0.1, 0.15) is 53.4 Å². The fraction of sp³-hybridized carbons (Fsp3) is 0.786. The van der Waals surface area contributed by atoms with Crippen molar-refractivity contribution in [2.24, 2.45) is 11.3 Å². The van der Waals surface area contributed by atoms with E-state index in [1.807, 2.05) is 13.8 Å². The normalized spacial score (nSPS) is 31.2. The molecular weight excluding hydrogens is 232 g/mol. The van der Waals surface area contributed by atoms with E-state index in [-0.39, 0.29) is 30.2 Å². The summed E-state index contributed by atoms with van der Waals surface area (Å²) < 4.78 is 0.